The van der Waals surface area contributed by atoms with E-state index in [9.17, 15) is 4.21 Å². The number of hydrogen-bond donors (Lipinski definition) is 0. The zero-order valence-corrected chi connectivity index (χ0v) is 18.2. The predicted octanol–water partition coefficient (Wildman–Crippen LogP) is 6.12. The van der Waals surface area contributed by atoms with E-state index in [1.54, 1.807) is 7.05 Å². The lowest BCUT2D eigenvalue weighted by atomic mass is 9.71. The standard InChI is InChI=1S/C24H33NO2S/c1-18(2)22-20-14-8-9-15-21(20)23(24(27-22)16-10-5-11-17-24)28(26,25-3)19-12-6-4-7-13-19/h4-7,10,12-13,18,20,22H,8-9,11,14-17H2,1-3H3/t20-,22+,24-,28?/m1/s1. The summed E-state index contributed by atoms with van der Waals surface area (Å²) in [5, 5.41) is 0. The van der Waals surface area contributed by atoms with Crippen molar-refractivity contribution in [3.63, 3.8) is 0 Å². The van der Waals surface area contributed by atoms with Gasteiger partial charge in [0, 0.05) is 13.0 Å². The second kappa shape index (κ2) is 7.79. The van der Waals surface area contributed by atoms with Gasteiger partial charge in [0.05, 0.1) is 15.9 Å². The molecule has 1 aliphatic heterocycles. The van der Waals surface area contributed by atoms with Gasteiger partial charge in [-0.3, -0.25) is 0 Å². The number of fused-ring (bicyclic) bond motifs is 1. The molecule has 1 unspecified atom stereocenters. The van der Waals surface area contributed by atoms with Crippen molar-refractivity contribution in [3.8, 4) is 0 Å². The Morgan fingerprint density at radius 1 is 1.18 bits per heavy atom. The van der Waals surface area contributed by atoms with E-state index in [1.165, 1.54) is 18.4 Å². The molecule has 0 N–H and O–H groups in total. The first-order valence-corrected chi connectivity index (χ1v) is 12.3. The van der Waals surface area contributed by atoms with Crippen LogP contribution in [-0.2, 0) is 14.5 Å². The number of rotatable bonds is 3. The molecular formula is C24H33NO2S. The Kier molecular flexibility index (Phi) is 5.54. The molecule has 0 radical (unpaired) electrons. The topological polar surface area (TPSA) is 38.7 Å². The van der Waals surface area contributed by atoms with Crippen molar-refractivity contribution in [2.45, 2.75) is 75.4 Å². The summed E-state index contributed by atoms with van der Waals surface area (Å²) < 4.78 is 26.2. The molecule has 1 aromatic carbocycles. The average Bonchev–Trinajstić information content (AvgIpc) is 2.74. The molecule has 3 nitrogen and oxygen atoms in total. The van der Waals surface area contributed by atoms with Gasteiger partial charge in [0.1, 0.15) is 15.3 Å². The number of benzene rings is 1. The average molecular weight is 400 g/mol. The summed E-state index contributed by atoms with van der Waals surface area (Å²) in [5.41, 5.74) is 0.935. The third-order valence-corrected chi connectivity index (χ3v) is 9.32. The molecule has 0 amide bonds. The van der Waals surface area contributed by atoms with Crippen LogP contribution in [0, 0.1) is 11.8 Å². The number of ether oxygens (including phenoxy) is 1. The second-order valence-electron chi connectivity index (χ2n) is 8.76. The first-order valence-electron chi connectivity index (χ1n) is 10.8. The summed E-state index contributed by atoms with van der Waals surface area (Å²) in [6, 6.07) is 9.87. The molecule has 0 saturated heterocycles. The van der Waals surface area contributed by atoms with Crippen molar-refractivity contribution in [1.29, 1.82) is 0 Å². The third-order valence-electron chi connectivity index (χ3n) is 6.71. The largest absolute Gasteiger partial charge is 0.365 e. The zero-order chi connectivity index (χ0) is 19.8. The van der Waals surface area contributed by atoms with Crippen LogP contribution in [0.2, 0.25) is 0 Å². The Bertz CT molecular complexity index is 892. The lowest BCUT2D eigenvalue weighted by Crippen LogP contribution is -2.51. The highest BCUT2D eigenvalue weighted by atomic mass is 32.2. The zero-order valence-electron chi connectivity index (χ0n) is 17.4. The van der Waals surface area contributed by atoms with E-state index in [1.807, 2.05) is 30.3 Å². The number of nitrogens with zero attached hydrogens (tertiary/aromatic N) is 1. The minimum absolute atomic E-state index is 0.210. The summed E-state index contributed by atoms with van der Waals surface area (Å²) >= 11 is 0. The van der Waals surface area contributed by atoms with Gasteiger partial charge in [-0.1, -0.05) is 50.6 Å². The van der Waals surface area contributed by atoms with Gasteiger partial charge in [-0.15, -0.1) is 0 Å². The molecule has 2 aliphatic carbocycles. The normalized spacial score (nSPS) is 32.3. The van der Waals surface area contributed by atoms with Crippen LogP contribution in [0.25, 0.3) is 0 Å². The van der Waals surface area contributed by atoms with Crippen molar-refractivity contribution in [2.75, 3.05) is 7.05 Å². The smallest absolute Gasteiger partial charge is 0.107 e. The Labute approximate surface area is 170 Å². The maximum Gasteiger partial charge on any atom is 0.107 e. The van der Waals surface area contributed by atoms with Crippen LogP contribution >= 0.6 is 0 Å². The van der Waals surface area contributed by atoms with Gasteiger partial charge in [-0.05, 0) is 62.1 Å². The fraction of sp³-hybridized carbons (Fsp3) is 0.583. The van der Waals surface area contributed by atoms with Gasteiger partial charge >= 0.3 is 0 Å². The minimum Gasteiger partial charge on any atom is -0.365 e. The summed E-state index contributed by atoms with van der Waals surface area (Å²) in [6.45, 7) is 4.54. The van der Waals surface area contributed by atoms with Crippen LogP contribution in [0.5, 0.6) is 0 Å². The molecule has 1 spiro atoms. The fourth-order valence-corrected chi connectivity index (χ4v) is 7.95. The van der Waals surface area contributed by atoms with Crippen LogP contribution in [0.3, 0.4) is 0 Å². The molecule has 0 bridgehead atoms. The molecule has 1 heterocycles. The van der Waals surface area contributed by atoms with Crippen molar-refractivity contribution >= 4 is 9.73 Å². The van der Waals surface area contributed by atoms with E-state index >= 15 is 0 Å². The Balaban J connectivity index is 1.99. The SMILES string of the molecule is CN=S(=O)(C1=C2CCCC[C@H]2[C@H](C(C)C)O[C@@]12CC=CCC2)c1ccccc1. The van der Waals surface area contributed by atoms with Crippen molar-refractivity contribution in [1.82, 2.24) is 0 Å². The first-order chi connectivity index (χ1) is 13.5. The molecule has 4 atom stereocenters. The highest BCUT2D eigenvalue weighted by molar-refractivity contribution is 7.97. The lowest BCUT2D eigenvalue weighted by molar-refractivity contribution is -0.124. The Hall–Kier alpha value is -1.39. The van der Waals surface area contributed by atoms with Gasteiger partial charge in [0.2, 0.25) is 0 Å². The van der Waals surface area contributed by atoms with Gasteiger partial charge in [0.25, 0.3) is 0 Å². The van der Waals surface area contributed by atoms with Crippen molar-refractivity contribution in [3.05, 3.63) is 53.0 Å². The van der Waals surface area contributed by atoms with Gasteiger partial charge in [0.15, 0.2) is 0 Å². The van der Waals surface area contributed by atoms with Crippen molar-refractivity contribution in [2.24, 2.45) is 16.2 Å². The van der Waals surface area contributed by atoms with Crippen molar-refractivity contribution < 1.29 is 8.95 Å². The molecule has 4 heteroatoms. The first kappa shape index (κ1) is 19.9. The molecular weight excluding hydrogens is 366 g/mol. The molecule has 1 saturated carbocycles. The number of allylic oxidation sites excluding steroid dienone is 1. The summed E-state index contributed by atoms with van der Waals surface area (Å²) in [4.78, 5) is 1.85. The Morgan fingerprint density at radius 2 is 1.96 bits per heavy atom. The maximum absolute atomic E-state index is 14.6. The maximum atomic E-state index is 14.6. The van der Waals surface area contributed by atoms with E-state index in [2.05, 4.69) is 30.4 Å². The highest BCUT2D eigenvalue weighted by Gasteiger charge is 2.51. The highest BCUT2D eigenvalue weighted by Crippen LogP contribution is 2.53. The molecule has 3 aliphatic rings. The van der Waals surface area contributed by atoms with Crippen LogP contribution in [0.1, 0.15) is 58.8 Å². The van der Waals surface area contributed by atoms with E-state index in [0.29, 0.717) is 11.8 Å². The summed E-state index contributed by atoms with van der Waals surface area (Å²) in [5.74, 6) is 0.834. The quantitative estimate of drug-likeness (QED) is 0.574. The monoisotopic (exact) mass is 399 g/mol. The molecule has 1 aromatic rings. The summed E-state index contributed by atoms with van der Waals surface area (Å²) in [7, 11) is -0.965. The Morgan fingerprint density at radius 3 is 2.61 bits per heavy atom. The van der Waals surface area contributed by atoms with Gasteiger partial charge in [-0.25, -0.2) is 8.57 Å². The molecule has 0 aromatic heterocycles. The van der Waals surface area contributed by atoms with Crippen LogP contribution < -0.4 is 0 Å². The van der Waals surface area contributed by atoms with Gasteiger partial charge < -0.3 is 4.74 Å². The fourth-order valence-electron chi connectivity index (χ4n) is 5.45. The number of hydrogen-bond acceptors (Lipinski definition) is 3. The van der Waals surface area contributed by atoms with E-state index in [-0.39, 0.29) is 6.10 Å². The summed E-state index contributed by atoms with van der Waals surface area (Å²) in [6.07, 6.45) is 11.9. The van der Waals surface area contributed by atoms with Crippen LogP contribution in [-0.4, -0.2) is 23.0 Å². The molecule has 1 fully saturated rings. The van der Waals surface area contributed by atoms with E-state index in [0.717, 1.165) is 41.9 Å². The molecule has 4 rings (SSSR count). The lowest BCUT2D eigenvalue weighted by Gasteiger charge is -2.51. The molecule has 28 heavy (non-hydrogen) atoms. The third kappa shape index (κ3) is 3.19. The minimum atomic E-state index is -2.69. The second-order valence-corrected chi connectivity index (χ2v) is 11.1. The van der Waals surface area contributed by atoms with E-state index in [4.69, 9.17) is 4.74 Å². The predicted molar refractivity (Wildman–Crippen MR) is 116 cm³/mol. The van der Waals surface area contributed by atoms with Crippen LogP contribution in [0.15, 0.2) is 62.2 Å². The van der Waals surface area contributed by atoms with Gasteiger partial charge in [-0.2, -0.15) is 0 Å². The van der Waals surface area contributed by atoms with Crippen LogP contribution in [0.4, 0.5) is 0 Å². The van der Waals surface area contributed by atoms with E-state index < -0.39 is 15.3 Å². The molecule has 152 valence electrons.